The predicted molar refractivity (Wildman–Crippen MR) is 65.7 cm³/mol. The van der Waals surface area contributed by atoms with Gasteiger partial charge in [-0.25, -0.2) is 0 Å². The molecule has 1 fully saturated rings. The molecule has 1 saturated heterocycles. The molecular weight excluding hydrogens is 258 g/mol. The van der Waals surface area contributed by atoms with Crippen LogP contribution in [0.5, 0.6) is 0 Å². The van der Waals surface area contributed by atoms with Crippen molar-refractivity contribution < 1.29 is 9.47 Å². The van der Waals surface area contributed by atoms with Gasteiger partial charge in [0.05, 0.1) is 25.4 Å². The van der Waals surface area contributed by atoms with Crippen LogP contribution < -0.4 is 0 Å². The van der Waals surface area contributed by atoms with Crippen molar-refractivity contribution in [2.45, 2.75) is 32.4 Å². The first-order valence-electron chi connectivity index (χ1n) is 5.54. The van der Waals surface area contributed by atoms with E-state index in [1.807, 2.05) is 0 Å². The summed E-state index contributed by atoms with van der Waals surface area (Å²) in [5, 5.41) is 0.975. The van der Waals surface area contributed by atoms with Gasteiger partial charge in [0.2, 0.25) is 0 Å². The highest BCUT2D eigenvalue weighted by atomic mass is 79.9. The predicted octanol–water partition coefficient (Wildman–Crippen LogP) is 1.90. The Morgan fingerprint density at radius 2 is 2.20 bits per heavy atom. The zero-order valence-electron chi connectivity index (χ0n) is 9.96. The summed E-state index contributed by atoms with van der Waals surface area (Å²) in [7, 11) is 0. The van der Waals surface area contributed by atoms with E-state index in [-0.39, 0.29) is 5.60 Å². The molecule has 1 heterocycles. The van der Waals surface area contributed by atoms with Crippen molar-refractivity contribution in [1.29, 1.82) is 0 Å². The zero-order valence-corrected chi connectivity index (χ0v) is 11.5. The fourth-order valence-electron chi connectivity index (χ4n) is 1.59. The van der Waals surface area contributed by atoms with Gasteiger partial charge in [-0.15, -0.1) is 0 Å². The fraction of sp³-hybridized carbons (Fsp3) is 1.00. The average molecular weight is 280 g/mol. The van der Waals surface area contributed by atoms with E-state index in [4.69, 9.17) is 9.47 Å². The third-order valence-corrected chi connectivity index (χ3v) is 3.19. The molecule has 0 saturated carbocycles. The van der Waals surface area contributed by atoms with E-state index >= 15 is 0 Å². The Balaban J connectivity index is 2.23. The second-order valence-corrected chi connectivity index (χ2v) is 5.53. The SMILES string of the molecule is CC(C)(C)OCCN1CCOCC1CBr. The molecule has 0 aromatic heterocycles. The zero-order chi connectivity index (χ0) is 11.3. The Bertz CT molecular complexity index is 182. The van der Waals surface area contributed by atoms with Crippen molar-refractivity contribution in [2.24, 2.45) is 0 Å². The first kappa shape index (κ1) is 13.4. The van der Waals surface area contributed by atoms with Gasteiger partial charge in [0.25, 0.3) is 0 Å². The minimum Gasteiger partial charge on any atom is -0.378 e. The molecule has 0 bridgehead atoms. The van der Waals surface area contributed by atoms with Gasteiger partial charge in [-0.05, 0) is 20.8 Å². The summed E-state index contributed by atoms with van der Waals surface area (Å²) >= 11 is 3.52. The number of alkyl halides is 1. The molecule has 1 rings (SSSR count). The monoisotopic (exact) mass is 279 g/mol. The summed E-state index contributed by atoms with van der Waals surface area (Å²) < 4.78 is 11.2. The maximum Gasteiger partial charge on any atom is 0.0630 e. The minimum atomic E-state index is -0.0316. The highest BCUT2D eigenvalue weighted by Crippen LogP contribution is 2.11. The molecule has 1 atom stereocenters. The quantitative estimate of drug-likeness (QED) is 0.734. The highest BCUT2D eigenvalue weighted by molar-refractivity contribution is 9.09. The van der Waals surface area contributed by atoms with Gasteiger partial charge in [-0.2, -0.15) is 0 Å². The van der Waals surface area contributed by atoms with Crippen LogP contribution in [0.25, 0.3) is 0 Å². The van der Waals surface area contributed by atoms with Crippen LogP contribution in [0.1, 0.15) is 20.8 Å². The molecule has 1 aliphatic rings. The Morgan fingerprint density at radius 3 is 2.80 bits per heavy atom. The average Bonchev–Trinajstić information content (AvgIpc) is 2.16. The molecule has 4 heteroatoms. The number of hydrogen-bond donors (Lipinski definition) is 0. The third kappa shape index (κ3) is 5.29. The van der Waals surface area contributed by atoms with Gasteiger partial charge in [-0.3, -0.25) is 4.90 Å². The lowest BCUT2D eigenvalue weighted by Crippen LogP contribution is -2.48. The summed E-state index contributed by atoms with van der Waals surface area (Å²) in [6, 6.07) is 0.502. The first-order valence-corrected chi connectivity index (χ1v) is 6.67. The third-order valence-electron chi connectivity index (χ3n) is 2.44. The number of ether oxygens (including phenoxy) is 2. The first-order chi connectivity index (χ1) is 7.03. The molecule has 0 aromatic carbocycles. The van der Waals surface area contributed by atoms with Crippen molar-refractivity contribution in [3.63, 3.8) is 0 Å². The Hall–Kier alpha value is 0.360. The molecule has 90 valence electrons. The molecule has 0 aliphatic carbocycles. The van der Waals surface area contributed by atoms with Gasteiger partial charge >= 0.3 is 0 Å². The topological polar surface area (TPSA) is 21.7 Å². The molecule has 3 nitrogen and oxygen atoms in total. The van der Waals surface area contributed by atoms with Crippen LogP contribution >= 0.6 is 15.9 Å². The van der Waals surface area contributed by atoms with Gasteiger partial charge in [0, 0.05) is 24.5 Å². The number of nitrogens with zero attached hydrogens (tertiary/aromatic N) is 1. The standard InChI is InChI=1S/C11H22BrNO2/c1-11(2,3)15-7-5-13-4-6-14-9-10(13)8-12/h10H,4-9H2,1-3H3. The van der Waals surface area contributed by atoms with Crippen molar-refractivity contribution in [1.82, 2.24) is 4.90 Å². The van der Waals surface area contributed by atoms with Crippen LogP contribution in [0.4, 0.5) is 0 Å². The number of rotatable bonds is 4. The molecule has 1 aliphatic heterocycles. The van der Waals surface area contributed by atoms with Gasteiger partial charge < -0.3 is 9.47 Å². The number of hydrogen-bond acceptors (Lipinski definition) is 3. The maximum atomic E-state index is 5.73. The summed E-state index contributed by atoms with van der Waals surface area (Å²) in [4.78, 5) is 2.43. The Morgan fingerprint density at radius 1 is 1.47 bits per heavy atom. The molecule has 15 heavy (non-hydrogen) atoms. The van der Waals surface area contributed by atoms with Crippen LogP contribution in [0.15, 0.2) is 0 Å². The normalized spacial score (nSPS) is 24.4. The highest BCUT2D eigenvalue weighted by Gasteiger charge is 2.22. The van der Waals surface area contributed by atoms with Crippen molar-refractivity contribution in [2.75, 3.05) is 38.2 Å². The van der Waals surface area contributed by atoms with Gasteiger partial charge in [0.1, 0.15) is 0 Å². The van der Waals surface area contributed by atoms with Crippen molar-refractivity contribution >= 4 is 15.9 Å². The molecular formula is C11H22BrNO2. The van der Waals surface area contributed by atoms with Gasteiger partial charge in [0.15, 0.2) is 0 Å². The molecule has 1 unspecified atom stereocenters. The van der Waals surface area contributed by atoms with E-state index in [1.165, 1.54) is 0 Å². The molecule has 0 radical (unpaired) electrons. The summed E-state index contributed by atoms with van der Waals surface area (Å²) in [5.41, 5.74) is -0.0316. The van der Waals surface area contributed by atoms with Gasteiger partial charge in [-0.1, -0.05) is 15.9 Å². The maximum absolute atomic E-state index is 5.73. The van der Waals surface area contributed by atoms with E-state index in [0.29, 0.717) is 6.04 Å². The smallest absolute Gasteiger partial charge is 0.0630 e. The lowest BCUT2D eigenvalue weighted by Gasteiger charge is -2.35. The second-order valence-electron chi connectivity index (χ2n) is 4.88. The Labute approximate surface area is 101 Å². The molecule has 0 spiro atoms. The van der Waals surface area contributed by atoms with Crippen molar-refractivity contribution in [3.05, 3.63) is 0 Å². The minimum absolute atomic E-state index is 0.0316. The summed E-state index contributed by atoms with van der Waals surface area (Å²) in [5.74, 6) is 0. The largest absolute Gasteiger partial charge is 0.378 e. The van der Waals surface area contributed by atoms with Crippen LogP contribution in [-0.4, -0.2) is 54.8 Å². The second kappa shape index (κ2) is 6.18. The van der Waals surface area contributed by atoms with Crippen molar-refractivity contribution in [3.8, 4) is 0 Å². The van der Waals surface area contributed by atoms with E-state index in [2.05, 4.69) is 41.6 Å². The van der Waals surface area contributed by atoms with Crippen LogP contribution in [0, 0.1) is 0 Å². The van der Waals surface area contributed by atoms with E-state index in [0.717, 1.165) is 38.2 Å². The molecule has 0 amide bonds. The van der Waals surface area contributed by atoms with Crippen LogP contribution in [0.3, 0.4) is 0 Å². The number of morpholine rings is 1. The summed E-state index contributed by atoms with van der Waals surface area (Å²) in [6.45, 7) is 10.8. The van der Waals surface area contributed by atoms with Crippen LogP contribution in [0.2, 0.25) is 0 Å². The van der Waals surface area contributed by atoms with E-state index in [1.54, 1.807) is 0 Å². The fourth-order valence-corrected chi connectivity index (χ4v) is 2.19. The van der Waals surface area contributed by atoms with E-state index in [9.17, 15) is 0 Å². The molecule has 0 aromatic rings. The Kier molecular flexibility index (Phi) is 5.53. The van der Waals surface area contributed by atoms with Crippen LogP contribution in [-0.2, 0) is 9.47 Å². The lowest BCUT2D eigenvalue weighted by molar-refractivity contribution is -0.0430. The summed E-state index contributed by atoms with van der Waals surface area (Å²) in [6.07, 6.45) is 0. The number of halogens is 1. The van der Waals surface area contributed by atoms with E-state index < -0.39 is 0 Å². The molecule has 0 N–H and O–H groups in total. The lowest BCUT2D eigenvalue weighted by atomic mass is 10.2.